The molecule has 3 aromatic rings. The van der Waals surface area contributed by atoms with Crippen LogP contribution in [0.1, 0.15) is 30.5 Å². The molecule has 1 unspecified atom stereocenters. The van der Waals surface area contributed by atoms with Crippen LogP contribution in [0, 0.1) is 0 Å². The zero-order chi connectivity index (χ0) is 25.3. The average Bonchev–Trinajstić information content (AvgIpc) is 3.28. The number of nitrogens with zero attached hydrogens (tertiary/aromatic N) is 6. The van der Waals surface area contributed by atoms with Crippen molar-refractivity contribution in [1.29, 1.82) is 0 Å². The Hall–Kier alpha value is -2.71. The van der Waals surface area contributed by atoms with E-state index < -0.39 is 40.5 Å². The van der Waals surface area contributed by atoms with E-state index in [2.05, 4.69) is 25.3 Å². The maximum atomic E-state index is 13.7. The quantitative estimate of drug-likeness (QED) is 0.369. The van der Waals surface area contributed by atoms with Crippen molar-refractivity contribution in [3.63, 3.8) is 0 Å². The van der Waals surface area contributed by atoms with E-state index in [9.17, 15) is 26.2 Å². The van der Waals surface area contributed by atoms with Gasteiger partial charge in [-0.15, -0.1) is 0 Å². The number of rotatable bonds is 6. The smallest absolute Gasteiger partial charge is 0.351 e. The van der Waals surface area contributed by atoms with Crippen molar-refractivity contribution >= 4 is 28.5 Å². The number of pyridine rings is 1. The van der Waals surface area contributed by atoms with Crippen LogP contribution in [0.15, 0.2) is 30.9 Å². The van der Waals surface area contributed by atoms with Crippen LogP contribution in [-0.4, -0.2) is 58.4 Å². The van der Waals surface area contributed by atoms with Gasteiger partial charge in [-0.05, 0) is 25.0 Å². The SMILES string of the molecule is CS(=O)N1CCC(Nc2ncc(C(F)(F)F)c(-c3cn(-c4ccc(Cl)nc4C(F)F)cn3)n2)CC1. The van der Waals surface area contributed by atoms with Gasteiger partial charge >= 0.3 is 6.18 Å². The molecule has 4 heterocycles. The zero-order valence-electron chi connectivity index (χ0n) is 18.1. The van der Waals surface area contributed by atoms with Crippen molar-refractivity contribution in [3.05, 3.63) is 47.3 Å². The predicted molar refractivity (Wildman–Crippen MR) is 120 cm³/mol. The molecule has 1 saturated heterocycles. The summed E-state index contributed by atoms with van der Waals surface area (Å²) in [6.07, 6.45) is -2.02. The highest BCUT2D eigenvalue weighted by Gasteiger charge is 2.36. The summed E-state index contributed by atoms with van der Waals surface area (Å²) >= 11 is 5.71. The fraction of sp³-hybridized carbons (Fsp3) is 0.400. The summed E-state index contributed by atoms with van der Waals surface area (Å²) in [6, 6.07) is 2.44. The molecule has 0 aromatic carbocycles. The van der Waals surface area contributed by atoms with Crippen LogP contribution >= 0.6 is 11.6 Å². The lowest BCUT2D eigenvalue weighted by Crippen LogP contribution is -2.39. The van der Waals surface area contributed by atoms with Gasteiger partial charge in [0.25, 0.3) is 6.43 Å². The standard InChI is InChI=1S/C20H19ClF5N7OS/c1-35(34)33-6-4-11(5-7-33)29-19-27-8-12(20(24,25)26)16(31-19)13-9-32(10-28-13)14-2-3-15(21)30-17(14)18(22)23/h2-3,8-11,18H,4-7H2,1H3,(H,27,29,31). The molecule has 1 aliphatic heterocycles. The molecule has 8 nitrogen and oxygen atoms in total. The summed E-state index contributed by atoms with van der Waals surface area (Å²) in [5, 5.41) is 2.88. The molecule has 0 spiro atoms. The molecule has 0 amide bonds. The summed E-state index contributed by atoms with van der Waals surface area (Å²) < 4.78 is 82.5. The number of nitrogens with one attached hydrogen (secondary N) is 1. The highest BCUT2D eigenvalue weighted by molar-refractivity contribution is 7.81. The minimum Gasteiger partial charge on any atom is -0.351 e. The second-order valence-corrected chi connectivity index (χ2v) is 9.48. The first-order chi connectivity index (χ1) is 16.5. The van der Waals surface area contributed by atoms with E-state index in [0.29, 0.717) is 32.1 Å². The number of anilines is 1. The molecule has 0 aliphatic carbocycles. The maximum absolute atomic E-state index is 13.7. The van der Waals surface area contributed by atoms with Crippen LogP contribution in [0.5, 0.6) is 0 Å². The first kappa shape index (κ1) is 25.4. The second kappa shape index (κ2) is 10.1. The number of piperidine rings is 1. The molecule has 188 valence electrons. The Morgan fingerprint density at radius 3 is 2.51 bits per heavy atom. The molecule has 15 heteroatoms. The molecule has 0 radical (unpaired) electrons. The molecule has 4 rings (SSSR count). The molecule has 1 fully saturated rings. The minimum atomic E-state index is -4.77. The Morgan fingerprint density at radius 2 is 1.89 bits per heavy atom. The van der Waals surface area contributed by atoms with Gasteiger partial charge in [0.05, 0.1) is 16.7 Å². The van der Waals surface area contributed by atoms with E-state index in [-0.39, 0.29) is 28.5 Å². The van der Waals surface area contributed by atoms with Gasteiger partial charge in [0.1, 0.15) is 34.1 Å². The Labute approximate surface area is 204 Å². The van der Waals surface area contributed by atoms with Crippen molar-refractivity contribution in [2.24, 2.45) is 0 Å². The molecule has 1 aliphatic rings. The normalized spacial score (nSPS) is 16.6. The lowest BCUT2D eigenvalue weighted by atomic mass is 10.1. The average molecular weight is 536 g/mol. The third kappa shape index (κ3) is 5.76. The van der Waals surface area contributed by atoms with Gasteiger partial charge in [0, 0.05) is 37.8 Å². The second-order valence-electron chi connectivity index (χ2n) is 7.73. The number of halogens is 6. The monoisotopic (exact) mass is 535 g/mol. The van der Waals surface area contributed by atoms with Crippen molar-refractivity contribution in [2.75, 3.05) is 24.7 Å². The number of aromatic nitrogens is 5. The molecule has 1 atom stereocenters. The lowest BCUT2D eigenvalue weighted by Gasteiger charge is -2.30. The maximum Gasteiger partial charge on any atom is 0.420 e. The fourth-order valence-corrected chi connectivity index (χ4v) is 4.57. The molecule has 0 saturated carbocycles. The van der Waals surface area contributed by atoms with E-state index in [4.69, 9.17) is 11.6 Å². The van der Waals surface area contributed by atoms with Crippen LogP contribution < -0.4 is 5.32 Å². The molecular weight excluding hydrogens is 517 g/mol. The third-order valence-corrected chi connectivity index (χ3v) is 6.73. The van der Waals surface area contributed by atoms with Gasteiger partial charge in [-0.3, -0.25) is 0 Å². The van der Waals surface area contributed by atoms with Crippen molar-refractivity contribution in [2.45, 2.75) is 31.5 Å². The van der Waals surface area contributed by atoms with Gasteiger partial charge in [0.2, 0.25) is 5.95 Å². The first-order valence-electron chi connectivity index (χ1n) is 10.3. The van der Waals surface area contributed by atoms with E-state index in [1.165, 1.54) is 12.1 Å². The Bertz CT molecular complexity index is 1230. The van der Waals surface area contributed by atoms with Gasteiger partial charge in [-0.2, -0.15) is 13.2 Å². The Kier molecular flexibility index (Phi) is 7.33. The van der Waals surface area contributed by atoms with Crippen molar-refractivity contribution in [3.8, 4) is 17.1 Å². The van der Waals surface area contributed by atoms with E-state index in [0.717, 1.165) is 17.1 Å². The van der Waals surface area contributed by atoms with Crippen LogP contribution in [0.3, 0.4) is 0 Å². The third-order valence-electron chi connectivity index (χ3n) is 5.42. The summed E-state index contributed by atoms with van der Waals surface area (Å²) in [7, 11) is -1.09. The Balaban J connectivity index is 1.66. The molecule has 3 aromatic heterocycles. The first-order valence-corrected chi connectivity index (χ1v) is 12.2. The summed E-state index contributed by atoms with van der Waals surface area (Å²) in [6.45, 7) is 1.11. The number of alkyl halides is 5. The van der Waals surface area contributed by atoms with Crippen LogP contribution in [-0.2, 0) is 17.2 Å². The molecular formula is C20H19ClF5N7OS. The summed E-state index contributed by atoms with van der Waals surface area (Å²) in [4.78, 5) is 15.5. The molecule has 0 bridgehead atoms. The molecule has 1 N–H and O–H groups in total. The summed E-state index contributed by atoms with van der Waals surface area (Å²) in [5.41, 5.74) is -2.52. The fourth-order valence-electron chi connectivity index (χ4n) is 3.69. The zero-order valence-corrected chi connectivity index (χ0v) is 19.7. The molecule has 35 heavy (non-hydrogen) atoms. The number of hydrogen-bond acceptors (Lipinski definition) is 6. The predicted octanol–water partition coefficient (Wildman–Crippen LogP) is 4.50. The number of hydrogen-bond donors (Lipinski definition) is 1. The summed E-state index contributed by atoms with van der Waals surface area (Å²) in [5.74, 6) is -0.0277. The van der Waals surface area contributed by atoms with E-state index in [1.807, 2.05) is 0 Å². The van der Waals surface area contributed by atoms with Crippen LogP contribution in [0.4, 0.5) is 27.9 Å². The lowest BCUT2D eigenvalue weighted by molar-refractivity contribution is -0.137. The van der Waals surface area contributed by atoms with Gasteiger partial charge < -0.3 is 9.88 Å². The minimum absolute atomic E-state index is 0.0277. The van der Waals surface area contributed by atoms with Gasteiger partial charge in [-0.25, -0.2) is 37.2 Å². The van der Waals surface area contributed by atoms with Gasteiger partial charge in [0.15, 0.2) is 0 Å². The van der Waals surface area contributed by atoms with Gasteiger partial charge in [-0.1, -0.05) is 11.6 Å². The Morgan fingerprint density at radius 1 is 1.17 bits per heavy atom. The highest BCUT2D eigenvalue weighted by atomic mass is 35.5. The topological polar surface area (TPSA) is 88.8 Å². The van der Waals surface area contributed by atoms with Crippen molar-refractivity contribution in [1.82, 2.24) is 28.8 Å². The van der Waals surface area contributed by atoms with E-state index >= 15 is 0 Å². The largest absolute Gasteiger partial charge is 0.420 e. The van der Waals surface area contributed by atoms with Crippen LogP contribution in [0.25, 0.3) is 17.1 Å². The number of imidazole rings is 1. The van der Waals surface area contributed by atoms with E-state index in [1.54, 1.807) is 10.6 Å². The van der Waals surface area contributed by atoms with Crippen molar-refractivity contribution < 1.29 is 26.2 Å². The van der Waals surface area contributed by atoms with Crippen LogP contribution in [0.2, 0.25) is 5.15 Å². The highest BCUT2D eigenvalue weighted by Crippen LogP contribution is 2.36.